The number of nitrogens with two attached hydrogens (primary N) is 1. The summed E-state index contributed by atoms with van der Waals surface area (Å²) in [4.78, 5) is 27.1. The van der Waals surface area contributed by atoms with Gasteiger partial charge in [0.15, 0.2) is 0 Å². The van der Waals surface area contributed by atoms with E-state index in [1.807, 2.05) is 20.8 Å². The molecule has 29 heavy (non-hydrogen) atoms. The summed E-state index contributed by atoms with van der Waals surface area (Å²) < 4.78 is 5.30. The van der Waals surface area contributed by atoms with Crippen molar-refractivity contribution in [3.05, 3.63) is 0 Å². The Bertz CT molecular complexity index is 713. The van der Waals surface area contributed by atoms with Crippen LogP contribution in [0.4, 0.5) is 22.6 Å². The maximum absolute atomic E-state index is 11.9. The quantitative estimate of drug-likeness (QED) is 0.661. The number of anilines is 3. The zero-order chi connectivity index (χ0) is 21.1. The van der Waals surface area contributed by atoms with Gasteiger partial charge in [-0.1, -0.05) is 19.8 Å². The molecule has 1 aliphatic carbocycles. The average molecular weight is 406 g/mol. The molecule has 0 unspecified atom stereocenters. The number of nitrogens with one attached hydrogen (secondary N) is 2. The van der Waals surface area contributed by atoms with E-state index >= 15 is 0 Å². The molecule has 0 aromatic carbocycles. The lowest BCUT2D eigenvalue weighted by Crippen LogP contribution is -2.36. The molecule has 1 aromatic heterocycles. The number of carbonyl (C=O) groups is 1. The summed E-state index contributed by atoms with van der Waals surface area (Å²) in [6.45, 7) is 10.9. The Labute approximate surface area is 173 Å². The van der Waals surface area contributed by atoms with Crippen LogP contribution in [0.2, 0.25) is 0 Å². The number of ether oxygens (including phenoxy) is 1. The third kappa shape index (κ3) is 6.33. The smallest absolute Gasteiger partial charge is 0.407 e. The van der Waals surface area contributed by atoms with Crippen LogP contribution in [0, 0.1) is 11.3 Å². The highest BCUT2D eigenvalue weighted by Gasteiger charge is 2.29. The molecule has 1 atom stereocenters. The second kappa shape index (κ2) is 8.59. The van der Waals surface area contributed by atoms with E-state index in [-0.39, 0.29) is 12.0 Å². The van der Waals surface area contributed by atoms with Crippen LogP contribution in [0.5, 0.6) is 0 Å². The number of hydrogen-bond acceptors (Lipinski definition) is 8. The van der Waals surface area contributed by atoms with Gasteiger partial charge in [-0.25, -0.2) is 4.79 Å². The lowest BCUT2D eigenvalue weighted by molar-refractivity contribution is 0.0520. The van der Waals surface area contributed by atoms with Crippen LogP contribution in [0.25, 0.3) is 0 Å². The van der Waals surface area contributed by atoms with Crippen molar-refractivity contribution >= 4 is 23.9 Å². The van der Waals surface area contributed by atoms with Gasteiger partial charge in [-0.05, 0) is 51.4 Å². The number of alkyl carbamates (subject to hydrolysis) is 1. The predicted octanol–water partition coefficient (Wildman–Crippen LogP) is 2.80. The Hall–Kier alpha value is -2.32. The molecule has 4 N–H and O–H groups in total. The van der Waals surface area contributed by atoms with E-state index in [0.29, 0.717) is 29.8 Å². The molecule has 0 radical (unpaired) electrons. The van der Waals surface area contributed by atoms with Crippen molar-refractivity contribution in [2.75, 3.05) is 42.1 Å². The number of carbonyl (C=O) groups excluding carboxylic acids is 1. The van der Waals surface area contributed by atoms with Crippen LogP contribution in [0.3, 0.4) is 0 Å². The molecule has 2 fully saturated rings. The largest absolute Gasteiger partial charge is 0.444 e. The topological polar surface area (TPSA) is 118 Å². The fraction of sp³-hybridized carbons (Fsp3) is 0.800. The summed E-state index contributed by atoms with van der Waals surface area (Å²) in [5.41, 5.74) is 5.74. The van der Waals surface area contributed by atoms with Gasteiger partial charge in [0.25, 0.3) is 0 Å². The zero-order valence-electron chi connectivity index (χ0n) is 18.1. The summed E-state index contributed by atoms with van der Waals surface area (Å²) in [7, 11) is 0. The molecule has 9 nitrogen and oxygen atoms in total. The Morgan fingerprint density at radius 1 is 1.28 bits per heavy atom. The molecular formula is C20H35N7O2. The van der Waals surface area contributed by atoms with Crippen LogP contribution in [0.15, 0.2) is 0 Å². The van der Waals surface area contributed by atoms with Crippen molar-refractivity contribution in [2.24, 2.45) is 11.3 Å². The van der Waals surface area contributed by atoms with Gasteiger partial charge in [-0.2, -0.15) is 15.0 Å². The van der Waals surface area contributed by atoms with Gasteiger partial charge in [0.1, 0.15) is 5.60 Å². The number of aromatic nitrogens is 3. The van der Waals surface area contributed by atoms with Gasteiger partial charge >= 0.3 is 6.09 Å². The lowest BCUT2D eigenvalue weighted by atomic mass is 9.89. The molecule has 1 amide bonds. The first-order valence-electron chi connectivity index (χ1n) is 10.6. The molecule has 162 valence electrons. The van der Waals surface area contributed by atoms with E-state index in [0.717, 1.165) is 26.1 Å². The van der Waals surface area contributed by atoms with Crippen LogP contribution in [-0.4, -0.2) is 52.8 Å². The van der Waals surface area contributed by atoms with Gasteiger partial charge in [0.2, 0.25) is 17.8 Å². The molecule has 2 aliphatic rings. The minimum Gasteiger partial charge on any atom is -0.444 e. The predicted molar refractivity (Wildman–Crippen MR) is 114 cm³/mol. The summed E-state index contributed by atoms with van der Waals surface area (Å²) in [5.74, 6) is 1.67. The third-order valence-corrected chi connectivity index (χ3v) is 5.63. The van der Waals surface area contributed by atoms with Crippen molar-refractivity contribution in [3.8, 4) is 0 Å². The highest BCUT2D eigenvalue weighted by molar-refractivity contribution is 5.67. The number of amides is 1. The molecule has 3 rings (SSSR count). The second-order valence-electron chi connectivity index (χ2n) is 9.67. The van der Waals surface area contributed by atoms with Gasteiger partial charge in [-0.15, -0.1) is 0 Å². The molecule has 0 spiro atoms. The van der Waals surface area contributed by atoms with Crippen molar-refractivity contribution < 1.29 is 9.53 Å². The monoisotopic (exact) mass is 405 g/mol. The van der Waals surface area contributed by atoms with Gasteiger partial charge in [0.05, 0.1) is 0 Å². The minimum atomic E-state index is -0.493. The molecule has 2 heterocycles. The average Bonchev–Trinajstić information content (AvgIpc) is 3.26. The van der Waals surface area contributed by atoms with E-state index in [1.54, 1.807) is 0 Å². The summed E-state index contributed by atoms with van der Waals surface area (Å²) in [5, 5.41) is 6.22. The first-order chi connectivity index (χ1) is 13.6. The second-order valence-corrected chi connectivity index (χ2v) is 9.67. The van der Waals surface area contributed by atoms with E-state index in [1.165, 1.54) is 25.7 Å². The van der Waals surface area contributed by atoms with Gasteiger partial charge < -0.3 is 26.0 Å². The molecule has 1 aliphatic heterocycles. The lowest BCUT2D eigenvalue weighted by Gasteiger charge is -2.24. The standard InChI is InChI=1S/C20H35N7O2/c1-19(2,3)29-18(28)22-11-14-7-10-27(12-14)17-25-15(21)24-16(26-17)23-13-20(4)8-5-6-9-20/h14H,5-13H2,1-4H3,(H,22,28)(H3,21,23,24,25,26)/t14-/m1/s1. The van der Waals surface area contributed by atoms with Crippen LogP contribution >= 0.6 is 0 Å². The molecule has 1 saturated carbocycles. The van der Waals surface area contributed by atoms with Crippen LogP contribution in [-0.2, 0) is 4.74 Å². The van der Waals surface area contributed by atoms with E-state index in [9.17, 15) is 4.79 Å². The summed E-state index contributed by atoms with van der Waals surface area (Å²) >= 11 is 0. The van der Waals surface area contributed by atoms with E-state index in [2.05, 4.69) is 37.4 Å². The highest BCUT2D eigenvalue weighted by Crippen LogP contribution is 2.37. The van der Waals surface area contributed by atoms with Crippen molar-refractivity contribution in [1.29, 1.82) is 0 Å². The fourth-order valence-electron chi connectivity index (χ4n) is 4.02. The van der Waals surface area contributed by atoms with Crippen molar-refractivity contribution in [1.82, 2.24) is 20.3 Å². The maximum Gasteiger partial charge on any atom is 0.407 e. The first kappa shape index (κ1) is 21.4. The molecule has 1 aromatic rings. The van der Waals surface area contributed by atoms with Gasteiger partial charge in [0, 0.05) is 26.2 Å². The van der Waals surface area contributed by atoms with Crippen molar-refractivity contribution in [2.45, 2.75) is 65.4 Å². The maximum atomic E-state index is 11.9. The molecule has 1 saturated heterocycles. The highest BCUT2D eigenvalue weighted by atomic mass is 16.6. The number of rotatable bonds is 6. The van der Waals surface area contributed by atoms with Gasteiger partial charge in [-0.3, -0.25) is 0 Å². The third-order valence-electron chi connectivity index (χ3n) is 5.63. The SMILES string of the molecule is CC1(CNc2nc(N)nc(N3CC[C@H](CNC(=O)OC(C)(C)C)C3)n2)CCCC1. The minimum absolute atomic E-state index is 0.226. The molecule has 9 heteroatoms. The zero-order valence-corrected chi connectivity index (χ0v) is 18.1. The van der Waals surface area contributed by atoms with E-state index < -0.39 is 5.60 Å². The summed E-state index contributed by atoms with van der Waals surface area (Å²) in [6.07, 6.45) is 5.59. The Morgan fingerprint density at radius 2 is 2.00 bits per heavy atom. The number of hydrogen-bond donors (Lipinski definition) is 3. The Balaban J connectivity index is 1.53. The van der Waals surface area contributed by atoms with Crippen molar-refractivity contribution in [3.63, 3.8) is 0 Å². The Morgan fingerprint density at radius 3 is 2.69 bits per heavy atom. The van der Waals surface area contributed by atoms with Crippen LogP contribution < -0.4 is 21.3 Å². The molecule has 0 bridgehead atoms. The van der Waals surface area contributed by atoms with Crippen LogP contribution in [0.1, 0.15) is 59.8 Å². The fourth-order valence-corrected chi connectivity index (χ4v) is 4.02. The normalized spacial score (nSPS) is 21.2. The number of nitrogen functional groups attached to an aromatic ring is 1. The number of nitrogens with zero attached hydrogens (tertiary/aromatic N) is 4. The van der Waals surface area contributed by atoms with E-state index in [4.69, 9.17) is 10.5 Å². The molecular weight excluding hydrogens is 370 g/mol. The summed E-state index contributed by atoms with van der Waals surface area (Å²) in [6, 6.07) is 0. The first-order valence-corrected chi connectivity index (χ1v) is 10.6. The Kier molecular flexibility index (Phi) is 6.33.